The number of nitrogens with zero attached hydrogens (tertiary/aromatic N) is 3. The molecular formula is C29H29N3O8S. The summed E-state index contributed by atoms with van der Waals surface area (Å²) in [6, 6.07) is 9.77. The van der Waals surface area contributed by atoms with Gasteiger partial charge in [0, 0.05) is 19.1 Å². The summed E-state index contributed by atoms with van der Waals surface area (Å²) in [6.45, 7) is 9.05. The number of ether oxygens (including phenoxy) is 3. The lowest BCUT2D eigenvalue weighted by Crippen LogP contribution is -2.40. The number of carbonyl (C=O) groups excluding carboxylic acids is 2. The number of fused-ring (bicyclic) bond motifs is 1. The van der Waals surface area contributed by atoms with E-state index in [9.17, 15) is 24.5 Å². The zero-order valence-corrected chi connectivity index (χ0v) is 24.0. The number of allylic oxidation sites excluding steroid dienone is 1. The van der Waals surface area contributed by atoms with Crippen molar-refractivity contribution in [3.05, 3.63) is 94.7 Å². The van der Waals surface area contributed by atoms with Gasteiger partial charge in [-0.1, -0.05) is 31.3 Å². The molecule has 12 heteroatoms. The number of benzene rings is 2. The lowest BCUT2D eigenvalue weighted by Gasteiger charge is -2.25. The smallest absolute Gasteiger partial charge is 0.338 e. The highest BCUT2D eigenvalue weighted by Crippen LogP contribution is 2.36. The topological polar surface area (TPSA) is 139 Å². The summed E-state index contributed by atoms with van der Waals surface area (Å²) < 4.78 is 18.3. The summed E-state index contributed by atoms with van der Waals surface area (Å²) >= 11 is 1.13. The van der Waals surface area contributed by atoms with Crippen LogP contribution < -0.4 is 24.4 Å². The zero-order valence-electron chi connectivity index (χ0n) is 23.2. The molecule has 1 atom stereocenters. The van der Waals surface area contributed by atoms with Crippen LogP contribution in [0.4, 0.5) is 5.69 Å². The van der Waals surface area contributed by atoms with Gasteiger partial charge >= 0.3 is 11.9 Å². The number of aromatic nitrogens is 1. The maximum Gasteiger partial charge on any atom is 0.338 e. The van der Waals surface area contributed by atoms with Crippen LogP contribution >= 0.6 is 11.3 Å². The molecule has 214 valence electrons. The Labute approximate surface area is 239 Å². The highest BCUT2D eigenvalue weighted by molar-refractivity contribution is 7.07. The molecule has 1 unspecified atom stereocenters. The van der Waals surface area contributed by atoms with Crippen LogP contribution in [0.25, 0.3) is 6.08 Å². The van der Waals surface area contributed by atoms with Crippen LogP contribution in [-0.2, 0) is 14.3 Å². The third-order valence-electron chi connectivity index (χ3n) is 6.03. The Bertz CT molecular complexity index is 1720. The monoisotopic (exact) mass is 579 g/mol. The van der Waals surface area contributed by atoms with Gasteiger partial charge in [-0.2, -0.15) is 0 Å². The van der Waals surface area contributed by atoms with Crippen molar-refractivity contribution in [3.63, 3.8) is 0 Å². The molecular weight excluding hydrogens is 550 g/mol. The van der Waals surface area contributed by atoms with Crippen molar-refractivity contribution < 1.29 is 28.7 Å². The molecule has 0 amide bonds. The Hall–Kier alpha value is -4.58. The second-order valence-electron chi connectivity index (χ2n) is 9.66. The minimum atomic E-state index is -0.907. The van der Waals surface area contributed by atoms with Gasteiger partial charge in [-0.3, -0.25) is 24.3 Å². The molecule has 41 heavy (non-hydrogen) atoms. The van der Waals surface area contributed by atoms with Crippen LogP contribution in [-0.4, -0.2) is 34.6 Å². The maximum absolute atomic E-state index is 13.8. The van der Waals surface area contributed by atoms with Crippen LogP contribution in [0, 0.1) is 16.0 Å². The average Bonchev–Trinajstić information content (AvgIpc) is 3.21. The van der Waals surface area contributed by atoms with Crippen molar-refractivity contribution in [2.24, 2.45) is 10.9 Å². The first kappa shape index (κ1) is 29.4. The SMILES string of the molecule is CCOc1cc(C2C(C(=O)OCC(C)C)=C(C)N=c3sc(=Cc4ccc([N+](=O)[O-])cc4)c(=O)n32)ccc1OC(C)=O. The van der Waals surface area contributed by atoms with Crippen LogP contribution in [0.3, 0.4) is 0 Å². The number of hydrogen-bond donors (Lipinski definition) is 0. The Balaban J connectivity index is 1.91. The molecule has 2 aromatic carbocycles. The third kappa shape index (κ3) is 6.43. The first-order chi connectivity index (χ1) is 19.5. The summed E-state index contributed by atoms with van der Waals surface area (Å²) in [5.74, 6) is -0.548. The van der Waals surface area contributed by atoms with E-state index in [1.807, 2.05) is 13.8 Å². The third-order valence-corrected chi connectivity index (χ3v) is 7.01. The highest BCUT2D eigenvalue weighted by atomic mass is 32.1. The van der Waals surface area contributed by atoms with Gasteiger partial charge in [0.05, 0.1) is 40.0 Å². The van der Waals surface area contributed by atoms with Gasteiger partial charge < -0.3 is 14.2 Å². The van der Waals surface area contributed by atoms with E-state index in [-0.39, 0.29) is 41.9 Å². The predicted molar refractivity (Wildman–Crippen MR) is 152 cm³/mol. The van der Waals surface area contributed by atoms with E-state index in [0.29, 0.717) is 26.2 Å². The summed E-state index contributed by atoms with van der Waals surface area (Å²) in [5, 5.41) is 11.0. The summed E-state index contributed by atoms with van der Waals surface area (Å²) in [6.07, 6.45) is 1.62. The van der Waals surface area contributed by atoms with E-state index in [1.54, 1.807) is 50.3 Å². The molecule has 3 aromatic rings. The van der Waals surface area contributed by atoms with Gasteiger partial charge in [-0.05, 0) is 61.2 Å². The van der Waals surface area contributed by atoms with Crippen molar-refractivity contribution in [2.75, 3.05) is 13.2 Å². The lowest BCUT2D eigenvalue weighted by atomic mass is 9.95. The lowest BCUT2D eigenvalue weighted by molar-refractivity contribution is -0.384. The first-order valence-corrected chi connectivity index (χ1v) is 13.7. The van der Waals surface area contributed by atoms with Crippen LogP contribution in [0.15, 0.2) is 63.5 Å². The quantitative estimate of drug-likeness (QED) is 0.162. The normalized spacial score (nSPS) is 14.9. The molecule has 1 aliphatic heterocycles. The fourth-order valence-corrected chi connectivity index (χ4v) is 5.31. The molecule has 0 aliphatic carbocycles. The minimum Gasteiger partial charge on any atom is -0.490 e. The van der Waals surface area contributed by atoms with Crippen molar-refractivity contribution in [1.29, 1.82) is 0 Å². The summed E-state index contributed by atoms with van der Waals surface area (Å²) in [5.41, 5.74) is 1.25. The van der Waals surface area contributed by atoms with Crippen molar-refractivity contribution in [2.45, 2.75) is 40.7 Å². The number of hydrogen-bond acceptors (Lipinski definition) is 10. The second-order valence-corrected chi connectivity index (χ2v) is 10.7. The van der Waals surface area contributed by atoms with E-state index in [1.165, 1.54) is 23.6 Å². The van der Waals surface area contributed by atoms with Crippen molar-refractivity contribution in [3.8, 4) is 11.5 Å². The molecule has 1 aliphatic rings. The molecule has 1 aromatic heterocycles. The van der Waals surface area contributed by atoms with Gasteiger partial charge in [-0.25, -0.2) is 9.79 Å². The molecule has 0 saturated carbocycles. The minimum absolute atomic E-state index is 0.0638. The van der Waals surface area contributed by atoms with Gasteiger partial charge in [0.25, 0.3) is 11.2 Å². The Morgan fingerprint density at radius 2 is 1.88 bits per heavy atom. The molecule has 0 spiro atoms. The van der Waals surface area contributed by atoms with E-state index >= 15 is 0 Å². The average molecular weight is 580 g/mol. The van der Waals surface area contributed by atoms with Crippen LogP contribution in [0.5, 0.6) is 11.5 Å². The van der Waals surface area contributed by atoms with E-state index in [4.69, 9.17) is 14.2 Å². The van der Waals surface area contributed by atoms with Gasteiger partial charge in [0.1, 0.15) is 0 Å². The number of nitro benzene ring substituents is 1. The van der Waals surface area contributed by atoms with Crippen molar-refractivity contribution >= 4 is 35.0 Å². The molecule has 0 bridgehead atoms. The van der Waals surface area contributed by atoms with E-state index in [2.05, 4.69) is 4.99 Å². The summed E-state index contributed by atoms with van der Waals surface area (Å²) in [7, 11) is 0. The molecule has 0 N–H and O–H groups in total. The molecule has 0 fully saturated rings. The van der Waals surface area contributed by atoms with E-state index in [0.717, 1.165) is 11.3 Å². The van der Waals surface area contributed by atoms with Gasteiger partial charge in [0.2, 0.25) is 0 Å². The fraction of sp³-hybridized carbons (Fsp3) is 0.310. The van der Waals surface area contributed by atoms with Gasteiger partial charge in [0.15, 0.2) is 16.3 Å². The van der Waals surface area contributed by atoms with E-state index < -0.39 is 28.5 Å². The first-order valence-electron chi connectivity index (χ1n) is 12.9. The fourth-order valence-electron chi connectivity index (χ4n) is 4.26. The maximum atomic E-state index is 13.8. The van der Waals surface area contributed by atoms with Gasteiger partial charge in [-0.15, -0.1) is 0 Å². The number of nitro groups is 1. The largest absolute Gasteiger partial charge is 0.490 e. The Morgan fingerprint density at radius 1 is 1.17 bits per heavy atom. The van der Waals surface area contributed by atoms with Crippen LogP contribution in [0.2, 0.25) is 0 Å². The van der Waals surface area contributed by atoms with Crippen LogP contribution in [0.1, 0.15) is 51.8 Å². The number of non-ortho nitro benzene ring substituents is 1. The standard InChI is InChI=1S/C29H29N3O8S/c1-6-38-23-14-20(9-12-22(23)40-18(5)33)26-25(28(35)39-15-16(2)3)17(4)30-29-31(26)27(34)24(41-29)13-19-7-10-21(11-8-19)32(36)37/h7-14,16,26H,6,15H2,1-5H3. The molecule has 0 radical (unpaired) electrons. The van der Waals surface area contributed by atoms with Crippen molar-refractivity contribution in [1.82, 2.24) is 4.57 Å². The number of rotatable bonds is 9. The Kier molecular flexibility index (Phi) is 8.82. The second kappa shape index (κ2) is 12.3. The Morgan fingerprint density at radius 3 is 2.49 bits per heavy atom. The molecule has 4 rings (SSSR count). The molecule has 11 nitrogen and oxygen atoms in total. The molecule has 0 saturated heterocycles. The zero-order chi connectivity index (χ0) is 29.8. The number of esters is 2. The molecule has 2 heterocycles. The number of carbonyl (C=O) groups is 2. The number of thiazole rings is 1. The summed E-state index contributed by atoms with van der Waals surface area (Å²) in [4.78, 5) is 54.4. The predicted octanol–water partition coefficient (Wildman–Crippen LogP) is 3.67. The highest BCUT2D eigenvalue weighted by Gasteiger charge is 2.34.